The van der Waals surface area contributed by atoms with Gasteiger partial charge in [-0.05, 0) is 78.2 Å². The van der Waals surface area contributed by atoms with Crippen LogP contribution in [-0.4, -0.2) is 42.1 Å². The van der Waals surface area contributed by atoms with E-state index in [0.717, 1.165) is 23.3 Å². The highest BCUT2D eigenvalue weighted by Gasteiger charge is 2.21. The van der Waals surface area contributed by atoms with Crippen molar-refractivity contribution in [1.82, 2.24) is 5.32 Å². The summed E-state index contributed by atoms with van der Waals surface area (Å²) in [6.45, 7) is 3.10. The zero-order valence-corrected chi connectivity index (χ0v) is 26.7. The van der Waals surface area contributed by atoms with Crippen molar-refractivity contribution >= 4 is 23.5 Å². The Labute approximate surface area is 275 Å². The summed E-state index contributed by atoms with van der Waals surface area (Å²) in [7, 11) is 0. The van der Waals surface area contributed by atoms with E-state index in [-0.39, 0.29) is 24.5 Å². The minimum atomic E-state index is -1.15. The van der Waals surface area contributed by atoms with Gasteiger partial charge in [-0.25, -0.2) is 4.79 Å². The fourth-order valence-electron chi connectivity index (χ4n) is 4.74. The van der Waals surface area contributed by atoms with Crippen LogP contribution in [0.2, 0.25) is 0 Å². The van der Waals surface area contributed by atoms with Gasteiger partial charge in [0.25, 0.3) is 5.91 Å². The first-order valence-corrected chi connectivity index (χ1v) is 15.9. The average molecular weight is 639 g/mol. The van der Waals surface area contributed by atoms with Crippen LogP contribution in [0.4, 0.5) is 5.69 Å². The Bertz CT molecular complexity index is 1540. The lowest BCUT2D eigenvalue weighted by atomic mass is 10.0. The third kappa shape index (κ3) is 12.3. The molecule has 9 heteroatoms. The molecule has 0 aliphatic carbocycles. The lowest BCUT2D eigenvalue weighted by Crippen LogP contribution is -2.42. The molecule has 0 spiro atoms. The van der Waals surface area contributed by atoms with Crippen LogP contribution in [0.15, 0.2) is 103 Å². The van der Waals surface area contributed by atoms with Gasteiger partial charge in [-0.3, -0.25) is 9.59 Å². The molecule has 9 nitrogen and oxygen atoms in total. The molecule has 0 aromatic heterocycles. The molecule has 0 unspecified atom stereocenters. The van der Waals surface area contributed by atoms with Crippen LogP contribution in [0.1, 0.15) is 60.5 Å². The Morgan fingerprint density at radius 3 is 2.02 bits per heavy atom. The number of hydrogen-bond acceptors (Lipinski definition) is 6. The number of amides is 2. The second-order valence-electron chi connectivity index (χ2n) is 11.2. The smallest absolute Gasteiger partial charge is 0.326 e. The highest BCUT2D eigenvalue weighted by Crippen LogP contribution is 2.25. The van der Waals surface area contributed by atoms with Crippen LogP contribution < -0.4 is 20.1 Å². The molecule has 0 heterocycles. The minimum absolute atomic E-state index is 0.0863. The van der Waals surface area contributed by atoms with Crippen molar-refractivity contribution in [2.45, 2.75) is 58.1 Å². The number of benzene rings is 4. The lowest BCUT2D eigenvalue weighted by molar-refractivity contribution is -0.139. The second kappa shape index (κ2) is 18.7. The molecular formula is C38H42N2O7. The SMILES string of the molecule is CCCCCCCOc1ccc(Oc2ccc(C[C@H](NC(=O)c3ccc(NC(=O)COCc4ccccc4)cc3)C(=O)O)cc2)cc1. The Balaban J connectivity index is 1.21. The Hall–Kier alpha value is -5.15. The number of aliphatic carboxylic acids is 1. The molecule has 47 heavy (non-hydrogen) atoms. The molecule has 4 aromatic rings. The van der Waals surface area contributed by atoms with Gasteiger partial charge in [0.2, 0.25) is 5.91 Å². The van der Waals surface area contributed by atoms with E-state index < -0.39 is 17.9 Å². The maximum Gasteiger partial charge on any atom is 0.326 e. The third-order valence-electron chi connectivity index (χ3n) is 7.32. The molecule has 246 valence electrons. The summed E-state index contributed by atoms with van der Waals surface area (Å²) in [5.74, 6) is 0.0429. The number of anilines is 1. The molecule has 4 aromatic carbocycles. The standard InChI is InChI=1S/C38H42N2O7/c1-2-3-4-5-9-24-46-32-20-22-34(23-21-32)47-33-18-12-28(13-19-33)25-35(38(43)44)40-37(42)30-14-16-31(17-15-30)39-36(41)27-45-26-29-10-7-6-8-11-29/h6-8,10-23,35H,2-5,9,24-27H2,1H3,(H,39,41)(H,40,42)(H,43,44)/t35-/m0/s1. The van der Waals surface area contributed by atoms with E-state index in [1.165, 1.54) is 37.8 Å². The van der Waals surface area contributed by atoms with Crippen LogP contribution in [-0.2, 0) is 27.4 Å². The lowest BCUT2D eigenvalue weighted by Gasteiger charge is -2.15. The normalized spacial score (nSPS) is 11.3. The highest BCUT2D eigenvalue weighted by molar-refractivity contribution is 5.97. The summed E-state index contributed by atoms with van der Waals surface area (Å²) in [4.78, 5) is 37.0. The van der Waals surface area contributed by atoms with E-state index in [1.54, 1.807) is 36.4 Å². The topological polar surface area (TPSA) is 123 Å². The Morgan fingerprint density at radius 1 is 0.723 bits per heavy atom. The number of rotatable bonds is 19. The summed E-state index contributed by atoms with van der Waals surface area (Å²) >= 11 is 0. The molecule has 0 saturated carbocycles. The predicted molar refractivity (Wildman–Crippen MR) is 181 cm³/mol. The van der Waals surface area contributed by atoms with Crippen molar-refractivity contribution < 1.29 is 33.7 Å². The summed E-state index contributed by atoms with van der Waals surface area (Å²) in [6, 6.07) is 29.1. The number of carbonyl (C=O) groups excluding carboxylic acids is 2. The van der Waals surface area contributed by atoms with Gasteiger partial charge in [0.05, 0.1) is 13.2 Å². The number of ether oxygens (including phenoxy) is 3. The van der Waals surface area contributed by atoms with Crippen molar-refractivity contribution in [3.8, 4) is 17.2 Å². The quantitative estimate of drug-likeness (QED) is 0.0914. The van der Waals surface area contributed by atoms with Crippen molar-refractivity contribution in [2.75, 3.05) is 18.5 Å². The van der Waals surface area contributed by atoms with Gasteiger partial charge in [-0.1, -0.05) is 75.1 Å². The second-order valence-corrected chi connectivity index (χ2v) is 11.2. The zero-order valence-electron chi connectivity index (χ0n) is 26.7. The third-order valence-corrected chi connectivity index (χ3v) is 7.32. The van der Waals surface area contributed by atoms with E-state index >= 15 is 0 Å². The molecule has 0 radical (unpaired) electrons. The fourth-order valence-corrected chi connectivity index (χ4v) is 4.74. The van der Waals surface area contributed by atoms with Gasteiger partial charge in [0, 0.05) is 17.7 Å². The molecule has 4 rings (SSSR count). The molecule has 0 aliphatic rings. The molecule has 3 N–H and O–H groups in total. The van der Waals surface area contributed by atoms with E-state index in [0.29, 0.717) is 30.4 Å². The van der Waals surface area contributed by atoms with Crippen molar-refractivity contribution in [3.63, 3.8) is 0 Å². The summed E-state index contributed by atoms with van der Waals surface area (Å²) < 4.78 is 17.2. The molecule has 0 fully saturated rings. The maximum absolute atomic E-state index is 12.8. The van der Waals surface area contributed by atoms with Gasteiger partial charge in [0.15, 0.2) is 0 Å². The largest absolute Gasteiger partial charge is 0.494 e. The van der Waals surface area contributed by atoms with Gasteiger partial charge < -0.3 is 30.0 Å². The van der Waals surface area contributed by atoms with E-state index in [4.69, 9.17) is 14.2 Å². The maximum atomic E-state index is 12.8. The van der Waals surface area contributed by atoms with Crippen molar-refractivity contribution in [2.24, 2.45) is 0 Å². The van der Waals surface area contributed by atoms with Gasteiger partial charge in [-0.2, -0.15) is 0 Å². The van der Waals surface area contributed by atoms with Gasteiger partial charge in [-0.15, -0.1) is 0 Å². The molecule has 0 saturated heterocycles. The van der Waals surface area contributed by atoms with Gasteiger partial charge in [0.1, 0.15) is 29.9 Å². The van der Waals surface area contributed by atoms with Crippen LogP contribution in [0.25, 0.3) is 0 Å². The number of nitrogens with one attached hydrogen (secondary N) is 2. The first-order valence-electron chi connectivity index (χ1n) is 15.9. The number of hydrogen-bond donors (Lipinski definition) is 3. The van der Waals surface area contributed by atoms with Crippen LogP contribution in [0.5, 0.6) is 17.2 Å². The average Bonchev–Trinajstić information content (AvgIpc) is 3.08. The zero-order chi connectivity index (χ0) is 33.3. The van der Waals surface area contributed by atoms with Gasteiger partial charge >= 0.3 is 5.97 Å². The van der Waals surface area contributed by atoms with E-state index in [2.05, 4.69) is 17.6 Å². The summed E-state index contributed by atoms with van der Waals surface area (Å²) in [5.41, 5.74) is 2.44. The number of unbranched alkanes of at least 4 members (excludes halogenated alkanes) is 4. The number of carboxylic acid groups (broad SMARTS) is 1. The van der Waals surface area contributed by atoms with Crippen LogP contribution >= 0.6 is 0 Å². The molecule has 0 bridgehead atoms. The number of carboxylic acids is 1. The first kappa shape index (κ1) is 34.7. The van der Waals surface area contributed by atoms with Crippen molar-refractivity contribution in [1.29, 1.82) is 0 Å². The van der Waals surface area contributed by atoms with Crippen LogP contribution in [0, 0.1) is 0 Å². The fraction of sp³-hybridized carbons (Fsp3) is 0.289. The highest BCUT2D eigenvalue weighted by atomic mass is 16.5. The first-order chi connectivity index (χ1) is 22.9. The Morgan fingerprint density at radius 2 is 1.36 bits per heavy atom. The molecule has 2 amide bonds. The van der Waals surface area contributed by atoms with E-state index in [9.17, 15) is 19.5 Å². The summed E-state index contributed by atoms with van der Waals surface area (Å²) in [5, 5.41) is 15.1. The number of carbonyl (C=O) groups is 3. The minimum Gasteiger partial charge on any atom is -0.494 e. The van der Waals surface area contributed by atoms with E-state index in [1.807, 2.05) is 54.6 Å². The summed E-state index contributed by atoms with van der Waals surface area (Å²) in [6.07, 6.45) is 6.02. The predicted octanol–water partition coefficient (Wildman–Crippen LogP) is 7.41. The van der Waals surface area contributed by atoms with Crippen LogP contribution in [0.3, 0.4) is 0 Å². The Kier molecular flexibility index (Phi) is 13.8. The van der Waals surface area contributed by atoms with Crippen molar-refractivity contribution in [3.05, 3.63) is 120 Å². The molecule has 0 aliphatic heterocycles. The molecular weight excluding hydrogens is 596 g/mol. The molecule has 1 atom stereocenters. The monoisotopic (exact) mass is 638 g/mol.